The van der Waals surface area contributed by atoms with E-state index in [2.05, 4.69) is 20.3 Å². The second-order valence-electron chi connectivity index (χ2n) is 9.51. The molecule has 2 saturated carbocycles. The minimum atomic E-state index is -0.291. The summed E-state index contributed by atoms with van der Waals surface area (Å²) in [5.74, 6) is 2.02. The minimum absolute atomic E-state index is 0.0771. The van der Waals surface area contributed by atoms with E-state index in [1.165, 1.54) is 12.6 Å². The molecule has 0 spiro atoms. The van der Waals surface area contributed by atoms with Crippen LogP contribution in [0.2, 0.25) is 0 Å². The molecule has 2 bridgehead atoms. The zero-order chi connectivity index (χ0) is 20.7. The van der Waals surface area contributed by atoms with Crippen LogP contribution in [-0.4, -0.2) is 38.1 Å². The fourth-order valence-electron chi connectivity index (χ4n) is 5.69. The van der Waals surface area contributed by atoms with E-state index in [4.69, 9.17) is 4.98 Å². The minimum Gasteiger partial charge on any atom is -0.349 e. The summed E-state index contributed by atoms with van der Waals surface area (Å²) in [6.45, 7) is 0.898. The molecule has 4 atom stereocenters. The predicted octanol–water partition coefficient (Wildman–Crippen LogP) is 2.92. The molecule has 1 unspecified atom stereocenters. The normalized spacial score (nSPS) is 29.5. The molecule has 2 aliphatic carbocycles. The van der Waals surface area contributed by atoms with Crippen LogP contribution in [-0.2, 0) is 6.42 Å². The Morgan fingerprint density at radius 2 is 2.06 bits per heavy atom. The van der Waals surface area contributed by atoms with Gasteiger partial charge in [-0.05, 0) is 67.6 Å². The number of pyridine rings is 1. The first-order chi connectivity index (χ1) is 15.2. The molecule has 1 amide bonds. The number of carbonyl (C=O) groups is 1. The Morgan fingerprint density at radius 1 is 1.16 bits per heavy atom. The summed E-state index contributed by atoms with van der Waals surface area (Å²) >= 11 is 0. The van der Waals surface area contributed by atoms with E-state index in [1.54, 1.807) is 16.8 Å². The molecule has 3 fully saturated rings. The summed E-state index contributed by atoms with van der Waals surface area (Å²) in [6, 6.07) is 3.78. The van der Waals surface area contributed by atoms with Crippen LogP contribution in [0, 0.1) is 23.6 Å². The monoisotopic (exact) mass is 418 g/mol. The molecule has 5 heterocycles. The summed E-state index contributed by atoms with van der Waals surface area (Å²) in [5.41, 5.74) is 3.02. The fourth-order valence-corrected chi connectivity index (χ4v) is 5.69. The Kier molecular flexibility index (Phi) is 3.55. The van der Waals surface area contributed by atoms with Crippen LogP contribution in [0.1, 0.15) is 53.3 Å². The largest absolute Gasteiger partial charge is 0.349 e. The summed E-state index contributed by atoms with van der Waals surface area (Å²) < 4.78 is 16.0. The molecule has 4 aliphatic rings. The van der Waals surface area contributed by atoms with Gasteiger partial charge < -0.3 is 10.2 Å². The third-order valence-corrected chi connectivity index (χ3v) is 7.53. The highest BCUT2D eigenvalue weighted by Gasteiger charge is 2.54. The van der Waals surface area contributed by atoms with E-state index in [9.17, 15) is 9.18 Å². The van der Waals surface area contributed by atoms with Gasteiger partial charge in [-0.2, -0.15) is 5.10 Å². The summed E-state index contributed by atoms with van der Waals surface area (Å²) in [4.78, 5) is 24.8. The number of amides is 1. The topological polar surface area (TPSA) is 75.4 Å². The van der Waals surface area contributed by atoms with Gasteiger partial charge in [0.05, 0.1) is 18.4 Å². The number of nitrogens with zero attached hydrogens (tertiary/aromatic N) is 5. The molecule has 31 heavy (non-hydrogen) atoms. The fraction of sp³-hybridized carbons (Fsp3) is 0.478. The van der Waals surface area contributed by atoms with Gasteiger partial charge in [0.25, 0.3) is 5.91 Å². The predicted molar refractivity (Wildman–Crippen MR) is 111 cm³/mol. The standard InChI is InChI=1S/C23H23FN6O/c24-14-8-16-19(25-9-14)4-3-18(12-1-2-12)27-23(31)17-10-26-30-6-5-20(28-22(17)30)29-11-13-7-15(13)21(16)29/h5-6,8-10,12-13,15,18,21H,1-4,7,11H2,(H,27,31)/t13-,15-,18?,21-/m0/s1. The molecule has 0 aromatic carbocycles. The number of rotatable bonds is 1. The van der Waals surface area contributed by atoms with E-state index >= 15 is 0 Å². The molecule has 7 nitrogen and oxygen atoms in total. The van der Waals surface area contributed by atoms with Crippen molar-refractivity contribution in [1.29, 1.82) is 0 Å². The lowest BCUT2D eigenvalue weighted by atomic mass is 9.95. The number of anilines is 1. The molecule has 8 heteroatoms. The zero-order valence-electron chi connectivity index (χ0n) is 17.0. The third kappa shape index (κ3) is 2.77. The Bertz CT molecular complexity index is 1220. The van der Waals surface area contributed by atoms with Crippen LogP contribution in [0.4, 0.5) is 10.2 Å². The molecule has 1 N–H and O–H groups in total. The number of carbonyl (C=O) groups excluding carboxylic acids is 1. The van der Waals surface area contributed by atoms with Crippen molar-refractivity contribution in [1.82, 2.24) is 24.9 Å². The van der Waals surface area contributed by atoms with E-state index in [-0.39, 0.29) is 23.8 Å². The quantitative estimate of drug-likeness (QED) is 0.658. The van der Waals surface area contributed by atoms with Crippen LogP contribution >= 0.6 is 0 Å². The van der Waals surface area contributed by atoms with Crippen molar-refractivity contribution in [2.75, 3.05) is 11.4 Å². The van der Waals surface area contributed by atoms with Crippen molar-refractivity contribution >= 4 is 17.4 Å². The number of nitrogens with one attached hydrogen (secondary N) is 1. The number of halogens is 1. The molecular formula is C23H23FN6O. The molecule has 2 aliphatic heterocycles. The highest BCUT2D eigenvalue weighted by molar-refractivity contribution is 6.00. The second-order valence-corrected chi connectivity index (χ2v) is 9.51. The lowest BCUT2D eigenvalue weighted by Crippen LogP contribution is -2.37. The lowest BCUT2D eigenvalue weighted by molar-refractivity contribution is 0.0931. The van der Waals surface area contributed by atoms with Crippen molar-refractivity contribution in [2.45, 2.75) is 44.2 Å². The van der Waals surface area contributed by atoms with Crippen LogP contribution in [0.5, 0.6) is 0 Å². The summed E-state index contributed by atoms with van der Waals surface area (Å²) in [7, 11) is 0. The molecule has 7 rings (SSSR count). The van der Waals surface area contributed by atoms with Crippen LogP contribution in [0.15, 0.2) is 30.7 Å². The molecule has 1 saturated heterocycles. The Labute approximate surface area is 178 Å². The Balaban J connectivity index is 1.41. The van der Waals surface area contributed by atoms with E-state index < -0.39 is 0 Å². The number of hydrogen-bond donors (Lipinski definition) is 1. The number of hydrogen-bond acceptors (Lipinski definition) is 5. The lowest BCUT2D eigenvalue weighted by Gasteiger charge is -2.30. The average Bonchev–Trinajstić information content (AvgIpc) is 3.68. The maximum atomic E-state index is 14.3. The third-order valence-electron chi connectivity index (χ3n) is 7.53. The van der Waals surface area contributed by atoms with E-state index in [0.717, 1.165) is 49.3 Å². The average molecular weight is 418 g/mol. The van der Waals surface area contributed by atoms with Gasteiger partial charge in [-0.15, -0.1) is 0 Å². The Morgan fingerprint density at radius 3 is 2.94 bits per heavy atom. The maximum absolute atomic E-state index is 14.3. The highest BCUT2D eigenvalue weighted by atomic mass is 19.1. The maximum Gasteiger partial charge on any atom is 0.256 e. The van der Waals surface area contributed by atoms with Gasteiger partial charge in [0, 0.05) is 24.5 Å². The van der Waals surface area contributed by atoms with Crippen LogP contribution in [0.3, 0.4) is 0 Å². The summed E-state index contributed by atoms with van der Waals surface area (Å²) in [6.07, 6.45) is 9.76. The van der Waals surface area contributed by atoms with Crippen molar-refractivity contribution in [3.8, 4) is 0 Å². The van der Waals surface area contributed by atoms with Crippen molar-refractivity contribution in [3.05, 3.63) is 53.4 Å². The van der Waals surface area contributed by atoms with Gasteiger partial charge in [-0.3, -0.25) is 9.78 Å². The molecule has 0 radical (unpaired) electrons. The smallest absolute Gasteiger partial charge is 0.256 e. The van der Waals surface area contributed by atoms with Gasteiger partial charge in [-0.25, -0.2) is 13.9 Å². The van der Waals surface area contributed by atoms with Crippen LogP contribution in [0.25, 0.3) is 5.65 Å². The first-order valence-corrected chi connectivity index (χ1v) is 11.2. The Hall–Kier alpha value is -3.03. The SMILES string of the molecule is O=C1NC(C2CC2)CCc2ncc(F)cc2[C@@H]2[C@H]3C[C@H]3CN2c2ccn3ncc1c3n2. The second kappa shape index (κ2) is 6.24. The van der Waals surface area contributed by atoms with Crippen LogP contribution < -0.4 is 10.2 Å². The van der Waals surface area contributed by atoms with E-state index in [1.807, 2.05) is 12.3 Å². The number of fused-ring (bicyclic) bond motifs is 7. The highest BCUT2D eigenvalue weighted by Crippen LogP contribution is 2.57. The van der Waals surface area contributed by atoms with Gasteiger partial charge in [0.15, 0.2) is 5.65 Å². The first kappa shape index (κ1) is 17.6. The molecular weight excluding hydrogens is 395 g/mol. The van der Waals surface area contributed by atoms with Crippen molar-refractivity contribution in [2.24, 2.45) is 17.8 Å². The number of aromatic nitrogens is 4. The number of piperidine rings is 1. The van der Waals surface area contributed by atoms with Gasteiger partial charge in [0.2, 0.25) is 0 Å². The van der Waals surface area contributed by atoms with Gasteiger partial charge in [-0.1, -0.05) is 0 Å². The molecule has 3 aromatic rings. The zero-order valence-corrected chi connectivity index (χ0v) is 17.0. The van der Waals surface area contributed by atoms with Gasteiger partial charge >= 0.3 is 0 Å². The molecule has 3 aromatic heterocycles. The molecule has 158 valence electrons. The first-order valence-electron chi connectivity index (χ1n) is 11.2. The van der Waals surface area contributed by atoms with E-state index in [0.29, 0.717) is 29.0 Å². The number of aryl methyl sites for hydroxylation is 1. The van der Waals surface area contributed by atoms with Crippen molar-refractivity contribution < 1.29 is 9.18 Å². The van der Waals surface area contributed by atoms with Crippen molar-refractivity contribution in [3.63, 3.8) is 0 Å². The summed E-state index contributed by atoms with van der Waals surface area (Å²) in [5, 5.41) is 7.57. The van der Waals surface area contributed by atoms with Gasteiger partial charge in [0.1, 0.15) is 17.2 Å².